The molecule has 0 saturated carbocycles. The molecule has 3 N–H and O–H groups in total. The third-order valence-electron chi connectivity index (χ3n) is 3.22. The van der Waals surface area contributed by atoms with Crippen LogP contribution in [0.5, 0.6) is 0 Å². The van der Waals surface area contributed by atoms with Gasteiger partial charge in [0.2, 0.25) is 12.3 Å². The highest BCUT2D eigenvalue weighted by atomic mass is 32.2. The first-order valence-corrected chi connectivity index (χ1v) is 9.49. The summed E-state index contributed by atoms with van der Waals surface area (Å²) in [4.78, 5) is 8.53. The normalized spacial score (nSPS) is 12.3. The maximum absolute atomic E-state index is 13.0. The molecule has 0 atom stereocenters. The second kappa shape index (κ2) is 6.21. The third kappa shape index (κ3) is 3.75. The Bertz CT molecular complexity index is 1230. The van der Waals surface area contributed by atoms with E-state index in [2.05, 4.69) is 20.3 Å². The molecule has 10 nitrogen and oxygen atoms in total. The molecule has 0 spiro atoms. The smallest absolute Gasteiger partial charge is 0.314 e. The van der Waals surface area contributed by atoms with E-state index in [-0.39, 0.29) is 22.4 Å². The summed E-state index contributed by atoms with van der Waals surface area (Å²) in [6, 6.07) is 5.61. The zero-order valence-electron chi connectivity index (χ0n) is 12.5. The van der Waals surface area contributed by atoms with E-state index in [1.54, 1.807) is 0 Å². The zero-order valence-corrected chi connectivity index (χ0v) is 14.1. The molecule has 3 rings (SSSR count). The van der Waals surface area contributed by atoms with Crippen LogP contribution < -0.4 is 5.32 Å². The number of hydrogen-bond acceptors (Lipinski definition) is 8. The van der Waals surface area contributed by atoms with Gasteiger partial charge in [0, 0.05) is 11.1 Å². The van der Waals surface area contributed by atoms with Crippen LogP contribution in [0.25, 0.3) is 10.8 Å². The van der Waals surface area contributed by atoms with E-state index in [1.807, 2.05) is 6.33 Å². The Morgan fingerprint density at radius 2 is 1.73 bits per heavy atom. The van der Waals surface area contributed by atoms with Gasteiger partial charge in [-0.2, -0.15) is 36.2 Å². The lowest BCUT2D eigenvalue weighted by molar-refractivity contribution is 0.482. The van der Waals surface area contributed by atoms with E-state index < -0.39 is 36.1 Å². The Labute approximate surface area is 146 Å². The average Bonchev–Trinajstić information content (AvgIpc) is 2.52. The van der Waals surface area contributed by atoms with E-state index in [4.69, 9.17) is 4.55 Å². The van der Waals surface area contributed by atoms with Crippen molar-refractivity contribution in [2.75, 3.05) is 5.32 Å². The van der Waals surface area contributed by atoms with Crippen molar-refractivity contribution in [1.82, 2.24) is 15.0 Å². The largest absolute Gasteiger partial charge is 0.324 e. The lowest BCUT2D eigenvalue weighted by Gasteiger charge is -2.10. The van der Waals surface area contributed by atoms with Crippen LogP contribution in [0.1, 0.15) is 0 Å². The van der Waals surface area contributed by atoms with Crippen molar-refractivity contribution in [3.05, 3.63) is 42.7 Å². The highest BCUT2D eigenvalue weighted by molar-refractivity contribution is 7.86. The van der Waals surface area contributed by atoms with E-state index in [0.29, 0.717) is 6.07 Å². The Morgan fingerprint density at radius 1 is 1.00 bits per heavy atom. The molecule has 0 saturated heterocycles. The number of anilines is 2. The fourth-order valence-corrected chi connectivity index (χ4v) is 3.52. The van der Waals surface area contributed by atoms with Gasteiger partial charge in [0.05, 0.1) is 4.90 Å². The van der Waals surface area contributed by atoms with Crippen LogP contribution in [-0.4, -0.2) is 40.9 Å². The highest BCUT2D eigenvalue weighted by Crippen LogP contribution is 2.30. The quantitative estimate of drug-likeness (QED) is 0.544. The molecule has 26 heavy (non-hydrogen) atoms. The summed E-state index contributed by atoms with van der Waals surface area (Å²) in [5.41, 5.74) is 0.209. The van der Waals surface area contributed by atoms with Crippen molar-refractivity contribution in [2.45, 2.75) is 9.79 Å². The molecule has 0 fully saturated rings. The van der Waals surface area contributed by atoms with Gasteiger partial charge in [0.25, 0.3) is 20.2 Å². The van der Waals surface area contributed by atoms with Gasteiger partial charge in [-0.05, 0) is 29.7 Å². The molecule has 1 heterocycles. The van der Waals surface area contributed by atoms with Crippen LogP contribution in [0.2, 0.25) is 0 Å². The van der Waals surface area contributed by atoms with Gasteiger partial charge in [-0.25, -0.2) is 0 Å². The Kier molecular flexibility index (Phi) is 4.31. The van der Waals surface area contributed by atoms with Crippen molar-refractivity contribution in [2.24, 2.45) is 0 Å². The van der Waals surface area contributed by atoms with Crippen molar-refractivity contribution in [1.29, 1.82) is 0 Å². The molecule has 0 aliphatic heterocycles. The van der Waals surface area contributed by atoms with Gasteiger partial charge in [-0.3, -0.25) is 9.11 Å². The van der Waals surface area contributed by atoms with Gasteiger partial charge in [0.15, 0.2) is 0 Å². The molecule has 135 valence electrons. The minimum atomic E-state index is -4.82. The summed E-state index contributed by atoms with van der Waals surface area (Å²) < 4.78 is 77.3. The number of aromatic nitrogens is 3. The van der Waals surface area contributed by atoms with Crippen LogP contribution in [-0.2, 0) is 20.2 Å². The SMILES string of the molecule is O=S(=O)(O)c1cc(S(=O)(=O)O)c2cc(Nc3n[c]nc(F)n3)ccc2c1. The van der Waals surface area contributed by atoms with E-state index in [9.17, 15) is 25.8 Å². The molecule has 1 aromatic heterocycles. The Morgan fingerprint density at radius 3 is 2.35 bits per heavy atom. The van der Waals surface area contributed by atoms with E-state index in [1.165, 1.54) is 18.2 Å². The summed E-state index contributed by atoms with van der Waals surface area (Å²) >= 11 is 0. The number of fused-ring (bicyclic) bond motifs is 1. The van der Waals surface area contributed by atoms with Crippen LogP contribution in [0.3, 0.4) is 0 Å². The van der Waals surface area contributed by atoms with Crippen LogP contribution in [0, 0.1) is 12.4 Å². The minimum absolute atomic E-state index is 0.0524. The van der Waals surface area contributed by atoms with Crippen molar-refractivity contribution in [3.8, 4) is 0 Å². The number of rotatable bonds is 4. The number of benzene rings is 2. The van der Waals surface area contributed by atoms with Crippen LogP contribution >= 0.6 is 0 Å². The Hall–Kier alpha value is -2.74. The summed E-state index contributed by atoms with van der Waals surface area (Å²) in [7, 11) is -9.52. The minimum Gasteiger partial charge on any atom is -0.324 e. The summed E-state index contributed by atoms with van der Waals surface area (Å²) in [6.45, 7) is 0. The lowest BCUT2D eigenvalue weighted by atomic mass is 10.1. The molecule has 2 aromatic carbocycles. The van der Waals surface area contributed by atoms with Gasteiger partial charge < -0.3 is 5.32 Å². The first-order valence-electron chi connectivity index (χ1n) is 6.61. The molecule has 0 aliphatic carbocycles. The number of halogens is 1. The molecular formula is C13H8FN4O6S2. The van der Waals surface area contributed by atoms with E-state index in [0.717, 1.165) is 6.07 Å². The molecule has 13 heteroatoms. The molecular weight excluding hydrogens is 391 g/mol. The first kappa shape index (κ1) is 18.1. The molecule has 0 amide bonds. The highest BCUT2D eigenvalue weighted by Gasteiger charge is 2.20. The second-order valence-electron chi connectivity index (χ2n) is 4.96. The third-order valence-corrected chi connectivity index (χ3v) is 4.94. The summed E-state index contributed by atoms with van der Waals surface area (Å²) in [5, 5.41) is 2.63. The topological polar surface area (TPSA) is 159 Å². The fourth-order valence-electron chi connectivity index (χ4n) is 2.17. The van der Waals surface area contributed by atoms with Gasteiger partial charge >= 0.3 is 6.08 Å². The van der Waals surface area contributed by atoms with Crippen LogP contribution in [0.4, 0.5) is 16.0 Å². The van der Waals surface area contributed by atoms with Crippen molar-refractivity contribution in [3.63, 3.8) is 0 Å². The van der Waals surface area contributed by atoms with E-state index >= 15 is 0 Å². The molecule has 0 aliphatic rings. The predicted molar refractivity (Wildman–Crippen MR) is 85.5 cm³/mol. The molecule has 1 radical (unpaired) electrons. The van der Waals surface area contributed by atoms with Crippen molar-refractivity contribution < 1.29 is 30.3 Å². The number of nitrogens with one attached hydrogen (secondary N) is 1. The average molecular weight is 399 g/mol. The van der Waals surface area contributed by atoms with Crippen LogP contribution in [0.15, 0.2) is 40.1 Å². The summed E-state index contributed by atoms with van der Waals surface area (Å²) in [5.74, 6) is -0.209. The zero-order chi connectivity index (χ0) is 19.1. The fraction of sp³-hybridized carbons (Fsp3) is 0. The predicted octanol–water partition coefficient (Wildman–Crippen LogP) is 1.20. The molecule has 3 aromatic rings. The second-order valence-corrected chi connectivity index (χ2v) is 7.77. The standard InChI is InChI=1S/C13H8FN4O6S2/c14-12-15-6-16-13(18-12)17-8-2-1-7-3-9(25(19,20)21)5-11(10(7)4-8)26(22,23)24/h1-5H,(H,19,20,21)(H,22,23,24)(H,15,16,17,18). The maximum atomic E-state index is 13.0. The first-order chi connectivity index (χ1) is 12.0. The monoisotopic (exact) mass is 399 g/mol. The van der Waals surface area contributed by atoms with Crippen molar-refractivity contribution >= 4 is 42.6 Å². The molecule has 0 bridgehead atoms. The summed E-state index contributed by atoms with van der Waals surface area (Å²) in [6.07, 6.45) is 0.932. The maximum Gasteiger partial charge on any atom is 0.314 e. The Balaban J connectivity index is 2.20. The number of nitrogens with zero attached hydrogens (tertiary/aromatic N) is 3. The lowest BCUT2D eigenvalue weighted by Crippen LogP contribution is -2.05. The van der Waals surface area contributed by atoms with Gasteiger partial charge in [-0.15, -0.1) is 0 Å². The van der Waals surface area contributed by atoms with Gasteiger partial charge in [0.1, 0.15) is 4.90 Å². The van der Waals surface area contributed by atoms with Gasteiger partial charge in [-0.1, -0.05) is 6.07 Å². The number of hydrogen-bond donors (Lipinski definition) is 3. The molecule has 0 unspecified atom stereocenters.